The van der Waals surface area contributed by atoms with Gasteiger partial charge in [-0.15, -0.1) is 0 Å². The van der Waals surface area contributed by atoms with Gasteiger partial charge in [0.15, 0.2) is 25.0 Å². The van der Waals surface area contributed by atoms with Gasteiger partial charge in [-0.3, -0.25) is 0 Å². The normalized spacial score (nSPS) is 17.6. The van der Waals surface area contributed by atoms with Crippen molar-refractivity contribution in [1.82, 2.24) is 0 Å². The van der Waals surface area contributed by atoms with Gasteiger partial charge in [0.05, 0.1) is 13.2 Å². The van der Waals surface area contributed by atoms with E-state index in [2.05, 4.69) is 105 Å². The van der Waals surface area contributed by atoms with Crippen molar-refractivity contribution in [2.45, 2.75) is 213 Å². The first kappa shape index (κ1) is 55.3. The number of ether oxygens (including phenoxy) is 1. The largest absolute Gasteiger partial charge is 0.470 e. The number of aliphatic hydroxyl groups is 2. The number of rotatable bonds is 34. The van der Waals surface area contributed by atoms with Crippen molar-refractivity contribution in [3.63, 3.8) is 0 Å². The van der Waals surface area contributed by atoms with Crippen molar-refractivity contribution in [3.05, 3.63) is 0 Å². The minimum atomic E-state index is -3.49. The average Bonchev–Trinajstić information content (AvgIpc) is 2.92. The van der Waals surface area contributed by atoms with Crippen LogP contribution in [0.3, 0.4) is 0 Å². The van der Waals surface area contributed by atoms with Crippen molar-refractivity contribution >= 4 is 68.0 Å². The molecule has 0 saturated heterocycles. The third-order valence-corrected chi connectivity index (χ3v) is 37.3. The molecule has 0 amide bonds. The van der Waals surface area contributed by atoms with Crippen molar-refractivity contribution in [1.29, 1.82) is 0 Å². The molecule has 0 aliphatic carbocycles. The van der Waals surface area contributed by atoms with Crippen LogP contribution in [0.2, 0.25) is 117 Å². The first-order valence-corrected chi connectivity index (χ1v) is 44.4. The van der Waals surface area contributed by atoms with E-state index in [0.29, 0.717) is 19.1 Å². The Hall–Kier alpha value is 1.34. The molecule has 326 valence electrons. The lowest BCUT2D eigenvalue weighted by Crippen LogP contribution is -2.66. The van der Waals surface area contributed by atoms with E-state index in [-0.39, 0.29) is 13.2 Å². The molecule has 18 heteroatoms. The van der Waals surface area contributed by atoms with E-state index in [9.17, 15) is 10.2 Å². The van der Waals surface area contributed by atoms with Crippen LogP contribution in [0.4, 0.5) is 0 Å². The molecule has 54 heavy (non-hydrogen) atoms. The van der Waals surface area contributed by atoms with Crippen LogP contribution in [0.15, 0.2) is 0 Å². The van der Waals surface area contributed by atoms with Gasteiger partial charge in [-0.25, -0.2) is 0 Å². The van der Waals surface area contributed by atoms with Gasteiger partial charge in [0.2, 0.25) is 0 Å². The topological polar surface area (TPSA) is 114 Å². The maximum absolute atomic E-state index is 9.77. The molecule has 2 N–H and O–H groups in total. The van der Waals surface area contributed by atoms with E-state index in [1.807, 2.05) is 6.55 Å². The van der Waals surface area contributed by atoms with Crippen LogP contribution in [0.5, 0.6) is 0 Å². The second kappa shape index (κ2) is 25.2. The molecule has 0 aromatic heterocycles. The van der Waals surface area contributed by atoms with Crippen LogP contribution in [0, 0.1) is 0 Å². The van der Waals surface area contributed by atoms with E-state index in [4.69, 9.17) is 33.5 Å². The fourth-order valence-corrected chi connectivity index (χ4v) is 45.4. The summed E-state index contributed by atoms with van der Waals surface area (Å²) < 4.78 is 55.4. The molecule has 0 spiro atoms. The summed E-state index contributed by atoms with van der Waals surface area (Å²) in [6.45, 7) is 37.3. The number of hydrogen-bond acceptors (Lipinski definition) is 10. The van der Waals surface area contributed by atoms with Gasteiger partial charge in [0, 0.05) is 13.2 Å². The maximum atomic E-state index is 9.77. The minimum Gasteiger partial charge on any atom is -0.437 e. The van der Waals surface area contributed by atoms with Gasteiger partial charge in [-0.1, -0.05) is 84.0 Å². The molecular formula is C36H90O10Si8. The van der Waals surface area contributed by atoms with Crippen LogP contribution in [-0.4, -0.2) is 104 Å². The van der Waals surface area contributed by atoms with E-state index < -0.39 is 74.1 Å². The Bertz CT molecular complexity index is 996. The standard InChI is InChI=1S/C36H90O10Si8/c1-18-19-20-21-22-23-24-25-26-27-28-29-32-53(16,43-50(11,12)40-47(2,3)4)46-54(17,44-51(13,14)41-48(5,6)7)45-52(15,42-49(8,9)10)33-30-31-39-35-36(38)34-37/h36-38H,18-35H2,1-17H3. The van der Waals surface area contributed by atoms with Crippen molar-refractivity contribution < 1.29 is 43.8 Å². The molecule has 10 nitrogen and oxygen atoms in total. The summed E-state index contributed by atoms with van der Waals surface area (Å²) in [6.07, 6.45) is 15.3. The van der Waals surface area contributed by atoms with E-state index in [0.717, 1.165) is 18.9 Å². The first-order chi connectivity index (χ1) is 24.5. The quantitative estimate of drug-likeness (QED) is 0.0478. The fourth-order valence-electron chi connectivity index (χ4n) is 7.28. The number of hydrogen-bond donors (Lipinski definition) is 2. The highest BCUT2D eigenvalue weighted by Gasteiger charge is 2.56. The van der Waals surface area contributed by atoms with Gasteiger partial charge >= 0.3 is 43.0 Å². The van der Waals surface area contributed by atoms with Crippen molar-refractivity contribution in [2.24, 2.45) is 0 Å². The Morgan fingerprint density at radius 3 is 1.20 bits per heavy atom. The Kier molecular flexibility index (Phi) is 25.8. The van der Waals surface area contributed by atoms with Crippen LogP contribution in [-0.2, 0) is 33.5 Å². The lowest BCUT2D eigenvalue weighted by atomic mass is 10.1. The summed E-state index contributed by atoms with van der Waals surface area (Å²) >= 11 is 0. The molecule has 0 aliphatic rings. The summed E-state index contributed by atoms with van der Waals surface area (Å²) in [7, 11) is -20.6. The summed E-state index contributed by atoms with van der Waals surface area (Å²) in [5, 5.41) is 19.0. The Labute approximate surface area is 343 Å². The Morgan fingerprint density at radius 2 is 0.796 bits per heavy atom. The predicted molar refractivity (Wildman–Crippen MR) is 247 cm³/mol. The van der Waals surface area contributed by atoms with Crippen molar-refractivity contribution in [2.75, 3.05) is 19.8 Å². The molecule has 0 bridgehead atoms. The molecule has 0 rings (SSSR count). The second-order valence-corrected chi connectivity index (χ2v) is 50.9. The molecule has 4 atom stereocenters. The number of aliphatic hydroxyl groups excluding tert-OH is 2. The third-order valence-electron chi connectivity index (χ3n) is 8.25. The van der Waals surface area contributed by atoms with Gasteiger partial charge in [-0.2, -0.15) is 0 Å². The second-order valence-electron chi connectivity index (χ2n) is 19.6. The molecule has 0 heterocycles. The van der Waals surface area contributed by atoms with Crippen LogP contribution < -0.4 is 0 Å². The lowest BCUT2D eigenvalue weighted by Gasteiger charge is -2.47. The van der Waals surface area contributed by atoms with E-state index >= 15 is 0 Å². The molecule has 4 unspecified atom stereocenters. The molecule has 0 radical (unpaired) electrons. The van der Waals surface area contributed by atoms with Gasteiger partial charge in [0.1, 0.15) is 6.10 Å². The number of unbranched alkanes of at least 4 members (excludes halogenated alkanes) is 11. The Balaban J connectivity index is 6.38. The zero-order valence-electron chi connectivity index (χ0n) is 38.5. The minimum absolute atomic E-state index is 0.0938. The first-order valence-electron chi connectivity index (χ1n) is 21.2. The molecule has 0 aromatic carbocycles. The average molecular weight is 908 g/mol. The summed E-state index contributed by atoms with van der Waals surface area (Å²) in [5.74, 6) is 0. The zero-order chi connectivity index (χ0) is 42.0. The SMILES string of the molecule is CCCCCCCCCCCCCC[Si](C)(O[Si](C)(C)O[Si](C)(C)C)O[Si](C)(O[Si](C)(C)O[Si](C)(C)C)O[Si](C)(CCCOCC(O)CO)O[Si](C)(C)C. The van der Waals surface area contributed by atoms with Gasteiger partial charge in [-0.05, 0) is 117 Å². The highest BCUT2D eigenvalue weighted by Crippen LogP contribution is 2.35. The molecule has 0 aliphatic heterocycles. The molecular weight excluding hydrogens is 817 g/mol. The predicted octanol–water partition coefficient (Wildman–Crippen LogP) is 11.2. The monoisotopic (exact) mass is 906 g/mol. The lowest BCUT2D eigenvalue weighted by molar-refractivity contribution is 0.00620. The summed E-state index contributed by atoms with van der Waals surface area (Å²) in [5.41, 5.74) is 0. The van der Waals surface area contributed by atoms with Crippen molar-refractivity contribution in [3.8, 4) is 0 Å². The van der Waals surface area contributed by atoms with E-state index in [1.54, 1.807) is 0 Å². The molecule has 0 aromatic rings. The third kappa shape index (κ3) is 30.4. The van der Waals surface area contributed by atoms with Crippen LogP contribution in [0.1, 0.15) is 90.4 Å². The smallest absolute Gasteiger partial charge is 0.437 e. The highest BCUT2D eigenvalue weighted by molar-refractivity contribution is 6.93. The summed E-state index contributed by atoms with van der Waals surface area (Å²) in [6, 6.07) is 1.52. The zero-order valence-corrected chi connectivity index (χ0v) is 46.5. The highest BCUT2D eigenvalue weighted by atomic mass is 28.5. The van der Waals surface area contributed by atoms with Crippen LogP contribution >= 0.6 is 0 Å². The fraction of sp³-hybridized carbons (Fsp3) is 1.00. The van der Waals surface area contributed by atoms with E-state index in [1.165, 1.54) is 64.2 Å². The van der Waals surface area contributed by atoms with Crippen LogP contribution in [0.25, 0.3) is 0 Å². The maximum Gasteiger partial charge on any atom is 0.470 e. The molecule has 0 fully saturated rings. The molecule has 0 saturated carbocycles. The summed E-state index contributed by atoms with van der Waals surface area (Å²) in [4.78, 5) is 0. The Morgan fingerprint density at radius 1 is 0.426 bits per heavy atom. The van der Waals surface area contributed by atoms with Gasteiger partial charge < -0.3 is 43.8 Å². The van der Waals surface area contributed by atoms with Gasteiger partial charge in [0.25, 0.3) is 0 Å².